The van der Waals surface area contributed by atoms with Crippen LogP contribution in [-0.4, -0.2) is 25.6 Å². The number of benzene rings is 2. The quantitative estimate of drug-likeness (QED) is 0.776. The molecule has 1 N–H and O–H groups in total. The minimum Gasteiger partial charge on any atom is -0.497 e. The van der Waals surface area contributed by atoms with Crippen LogP contribution < -0.4 is 10.1 Å². The summed E-state index contributed by atoms with van der Waals surface area (Å²) in [6, 6.07) is 11.6. The lowest BCUT2D eigenvalue weighted by Gasteiger charge is -2.09. The first kappa shape index (κ1) is 17.3. The van der Waals surface area contributed by atoms with Crippen LogP contribution in [0.1, 0.15) is 10.4 Å². The van der Waals surface area contributed by atoms with E-state index in [1.807, 2.05) is 0 Å². The van der Waals surface area contributed by atoms with Crippen molar-refractivity contribution in [2.24, 2.45) is 0 Å². The molecule has 0 saturated carbocycles. The molecule has 0 fully saturated rings. The second-order valence-corrected chi connectivity index (χ2v) is 5.77. The third kappa shape index (κ3) is 4.97. The van der Waals surface area contributed by atoms with E-state index in [9.17, 15) is 9.59 Å². The maximum Gasteiger partial charge on any atom is 0.339 e. The van der Waals surface area contributed by atoms with Gasteiger partial charge in [0.1, 0.15) is 5.75 Å². The standard InChI is InChI=1S/C16H13BrClNO4/c1-22-12-5-6-14(17)13(8-12)16(21)23-9-15(20)19-11-4-2-3-10(18)7-11/h2-8H,9H2,1H3,(H,19,20). The van der Waals surface area contributed by atoms with Crippen molar-refractivity contribution in [3.63, 3.8) is 0 Å². The third-order valence-electron chi connectivity index (χ3n) is 2.84. The molecule has 7 heteroatoms. The number of methoxy groups -OCH3 is 1. The largest absolute Gasteiger partial charge is 0.497 e. The highest BCUT2D eigenvalue weighted by molar-refractivity contribution is 9.10. The molecular weight excluding hydrogens is 386 g/mol. The molecule has 0 radical (unpaired) electrons. The summed E-state index contributed by atoms with van der Waals surface area (Å²) < 4.78 is 10.6. The molecule has 5 nitrogen and oxygen atoms in total. The molecule has 1 amide bonds. The fourth-order valence-corrected chi connectivity index (χ4v) is 2.36. The van der Waals surface area contributed by atoms with Crippen molar-refractivity contribution >= 4 is 45.1 Å². The van der Waals surface area contributed by atoms with Gasteiger partial charge in [0, 0.05) is 15.2 Å². The van der Waals surface area contributed by atoms with Gasteiger partial charge in [0.25, 0.3) is 5.91 Å². The molecule has 0 unspecified atom stereocenters. The zero-order valence-corrected chi connectivity index (χ0v) is 14.5. The summed E-state index contributed by atoms with van der Waals surface area (Å²) in [6.07, 6.45) is 0. The summed E-state index contributed by atoms with van der Waals surface area (Å²) in [5.41, 5.74) is 0.806. The zero-order chi connectivity index (χ0) is 16.8. The van der Waals surface area contributed by atoms with E-state index in [2.05, 4.69) is 21.2 Å². The van der Waals surface area contributed by atoms with E-state index >= 15 is 0 Å². The van der Waals surface area contributed by atoms with E-state index < -0.39 is 18.5 Å². The van der Waals surface area contributed by atoms with Crippen LogP contribution >= 0.6 is 27.5 Å². The Labute approximate surface area is 146 Å². The predicted molar refractivity (Wildman–Crippen MR) is 91.1 cm³/mol. The van der Waals surface area contributed by atoms with Gasteiger partial charge in [-0.05, 0) is 52.3 Å². The average molecular weight is 399 g/mol. The van der Waals surface area contributed by atoms with Gasteiger partial charge in [-0.25, -0.2) is 4.79 Å². The lowest BCUT2D eigenvalue weighted by Crippen LogP contribution is -2.21. The molecular formula is C16H13BrClNO4. The van der Waals surface area contributed by atoms with Gasteiger partial charge in [-0.1, -0.05) is 17.7 Å². The van der Waals surface area contributed by atoms with Gasteiger partial charge in [0.15, 0.2) is 6.61 Å². The molecule has 0 bridgehead atoms. The molecule has 0 aliphatic heterocycles. The minimum atomic E-state index is -0.628. The van der Waals surface area contributed by atoms with Crippen LogP contribution in [0, 0.1) is 0 Å². The summed E-state index contributed by atoms with van der Waals surface area (Å²) in [5.74, 6) is -0.569. The van der Waals surface area contributed by atoms with E-state index in [-0.39, 0.29) is 5.56 Å². The average Bonchev–Trinajstić information content (AvgIpc) is 2.53. The fourth-order valence-electron chi connectivity index (χ4n) is 1.76. The van der Waals surface area contributed by atoms with Crippen molar-refractivity contribution in [2.75, 3.05) is 19.0 Å². The zero-order valence-electron chi connectivity index (χ0n) is 12.1. The lowest BCUT2D eigenvalue weighted by molar-refractivity contribution is -0.119. The number of nitrogens with one attached hydrogen (secondary N) is 1. The molecule has 0 aliphatic rings. The third-order valence-corrected chi connectivity index (χ3v) is 3.76. The highest BCUT2D eigenvalue weighted by atomic mass is 79.9. The molecule has 0 saturated heterocycles. The Morgan fingerprint density at radius 2 is 2.00 bits per heavy atom. The molecule has 0 heterocycles. The Hall–Kier alpha value is -2.05. The fraction of sp³-hybridized carbons (Fsp3) is 0.125. The first-order valence-corrected chi connectivity index (χ1v) is 7.73. The van der Waals surface area contributed by atoms with E-state index in [1.54, 1.807) is 36.4 Å². The van der Waals surface area contributed by atoms with Crippen LogP contribution in [0.2, 0.25) is 5.02 Å². The van der Waals surface area contributed by atoms with Crippen LogP contribution in [0.5, 0.6) is 5.75 Å². The second-order valence-electron chi connectivity index (χ2n) is 4.48. The van der Waals surface area contributed by atoms with Crippen molar-refractivity contribution in [1.82, 2.24) is 0 Å². The van der Waals surface area contributed by atoms with Crippen molar-refractivity contribution in [1.29, 1.82) is 0 Å². The minimum absolute atomic E-state index is 0.278. The van der Waals surface area contributed by atoms with Gasteiger partial charge < -0.3 is 14.8 Å². The van der Waals surface area contributed by atoms with E-state index in [0.717, 1.165) is 0 Å². The molecule has 2 aromatic rings. The molecule has 2 aromatic carbocycles. The Balaban J connectivity index is 1.95. The predicted octanol–water partition coefficient (Wildman–Crippen LogP) is 3.91. The summed E-state index contributed by atoms with van der Waals surface area (Å²) in [7, 11) is 1.50. The summed E-state index contributed by atoms with van der Waals surface area (Å²) in [4.78, 5) is 23.8. The number of hydrogen-bond donors (Lipinski definition) is 1. The van der Waals surface area contributed by atoms with Crippen LogP contribution in [0.25, 0.3) is 0 Å². The first-order chi connectivity index (χ1) is 11.0. The van der Waals surface area contributed by atoms with Crippen LogP contribution in [-0.2, 0) is 9.53 Å². The van der Waals surface area contributed by atoms with Crippen molar-refractivity contribution in [3.05, 3.63) is 57.5 Å². The molecule has 0 aliphatic carbocycles. The molecule has 0 atom stereocenters. The SMILES string of the molecule is COc1ccc(Br)c(C(=O)OCC(=O)Nc2cccc(Cl)c2)c1. The number of carbonyl (C=O) groups excluding carboxylic acids is 2. The van der Waals surface area contributed by atoms with Crippen molar-refractivity contribution < 1.29 is 19.1 Å². The van der Waals surface area contributed by atoms with Crippen LogP contribution in [0.4, 0.5) is 5.69 Å². The lowest BCUT2D eigenvalue weighted by atomic mass is 10.2. The molecule has 120 valence electrons. The molecule has 0 aromatic heterocycles. The number of ether oxygens (including phenoxy) is 2. The van der Waals surface area contributed by atoms with Crippen molar-refractivity contribution in [3.8, 4) is 5.75 Å². The monoisotopic (exact) mass is 397 g/mol. The highest BCUT2D eigenvalue weighted by Gasteiger charge is 2.14. The Morgan fingerprint density at radius 1 is 1.22 bits per heavy atom. The summed E-state index contributed by atoms with van der Waals surface area (Å²) in [6.45, 7) is -0.408. The normalized spacial score (nSPS) is 10.0. The van der Waals surface area contributed by atoms with Gasteiger partial charge in [0.05, 0.1) is 12.7 Å². The highest BCUT2D eigenvalue weighted by Crippen LogP contribution is 2.23. The number of esters is 1. The number of anilines is 1. The van der Waals surface area contributed by atoms with Gasteiger partial charge in [-0.2, -0.15) is 0 Å². The Morgan fingerprint density at radius 3 is 2.70 bits per heavy atom. The van der Waals surface area contributed by atoms with Crippen LogP contribution in [0.15, 0.2) is 46.9 Å². The number of amides is 1. The molecule has 2 rings (SSSR count). The summed E-state index contributed by atoms with van der Waals surface area (Å²) in [5, 5.41) is 3.09. The molecule has 0 spiro atoms. The number of halogens is 2. The van der Waals surface area contributed by atoms with Crippen molar-refractivity contribution in [2.45, 2.75) is 0 Å². The topological polar surface area (TPSA) is 64.6 Å². The smallest absolute Gasteiger partial charge is 0.339 e. The van der Waals surface area contributed by atoms with Gasteiger partial charge in [-0.15, -0.1) is 0 Å². The van der Waals surface area contributed by atoms with Crippen LogP contribution in [0.3, 0.4) is 0 Å². The number of carbonyl (C=O) groups is 2. The van der Waals surface area contributed by atoms with Gasteiger partial charge in [-0.3, -0.25) is 4.79 Å². The first-order valence-electron chi connectivity index (χ1n) is 6.55. The van der Waals surface area contributed by atoms with Gasteiger partial charge >= 0.3 is 5.97 Å². The number of rotatable bonds is 5. The Kier molecular flexibility index (Phi) is 6.01. The van der Waals surface area contributed by atoms with E-state index in [4.69, 9.17) is 21.1 Å². The maximum absolute atomic E-state index is 12.0. The second kappa shape index (κ2) is 7.99. The summed E-state index contributed by atoms with van der Waals surface area (Å²) >= 11 is 9.09. The number of hydrogen-bond acceptors (Lipinski definition) is 4. The maximum atomic E-state index is 12.0. The van der Waals surface area contributed by atoms with E-state index in [1.165, 1.54) is 13.2 Å². The Bertz CT molecular complexity index is 736. The van der Waals surface area contributed by atoms with Gasteiger partial charge in [0.2, 0.25) is 0 Å². The van der Waals surface area contributed by atoms with E-state index in [0.29, 0.717) is 20.9 Å². The molecule has 23 heavy (non-hydrogen) atoms.